The Labute approximate surface area is 116 Å². The Bertz CT molecular complexity index is 434. The van der Waals surface area contributed by atoms with E-state index >= 15 is 0 Å². The molecule has 19 heavy (non-hydrogen) atoms. The minimum absolute atomic E-state index is 0.0683. The van der Waals surface area contributed by atoms with E-state index in [4.69, 9.17) is 0 Å². The third-order valence-corrected chi connectivity index (χ3v) is 3.80. The SMILES string of the molecule is C[C@@H](C(=O)N(C)C)[C@@](O)(c1ccccc1)C(C)(C)C. The van der Waals surface area contributed by atoms with Gasteiger partial charge in [0.05, 0.1) is 5.92 Å². The number of hydrogen-bond donors (Lipinski definition) is 1. The van der Waals surface area contributed by atoms with Crippen LogP contribution in [0.15, 0.2) is 30.3 Å². The van der Waals surface area contributed by atoms with Gasteiger partial charge in [-0.25, -0.2) is 0 Å². The van der Waals surface area contributed by atoms with Crippen LogP contribution in [-0.4, -0.2) is 30.0 Å². The molecule has 3 heteroatoms. The molecule has 1 amide bonds. The Kier molecular flexibility index (Phi) is 4.41. The Hall–Kier alpha value is -1.35. The van der Waals surface area contributed by atoms with E-state index in [0.29, 0.717) is 0 Å². The lowest BCUT2D eigenvalue weighted by atomic mass is 9.65. The van der Waals surface area contributed by atoms with Crippen molar-refractivity contribution in [1.29, 1.82) is 0 Å². The maximum absolute atomic E-state index is 12.3. The maximum atomic E-state index is 12.3. The highest BCUT2D eigenvalue weighted by molar-refractivity contribution is 5.79. The highest BCUT2D eigenvalue weighted by atomic mass is 16.3. The molecule has 0 unspecified atom stereocenters. The van der Waals surface area contributed by atoms with Crippen LogP contribution in [0.1, 0.15) is 33.3 Å². The summed E-state index contributed by atoms with van der Waals surface area (Å²) in [6.07, 6.45) is 0. The molecule has 1 aromatic rings. The van der Waals surface area contributed by atoms with E-state index < -0.39 is 16.9 Å². The van der Waals surface area contributed by atoms with Crippen LogP contribution in [0.5, 0.6) is 0 Å². The molecule has 0 fully saturated rings. The molecule has 0 radical (unpaired) electrons. The predicted molar refractivity (Wildman–Crippen MR) is 77.7 cm³/mol. The van der Waals surface area contributed by atoms with Crippen LogP contribution >= 0.6 is 0 Å². The van der Waals surface area contributed by atoms with Crippen LogP contribution in [0, 0.1) is 11.3 Å². The number of hydrogen-bond acceptors (Lipinski definition) is 2. The second-order valence-electron chi connectivity index (χ2n) is 6.34. The maximum Gasteiger partial charge on any atom is 0.228 e. The summed E-state index contributed by atoms with van der Waals surface area (Å²) in [5, 5.41) is 11.3. The third kappa shape index (κ3) is 2.81. The summed E-state index contributed by atoms with van der Waals surface area (Å²) in [6, 6.07) is 9.44. The van der Waals surface area contributed by atoms with E-state index in [-0.39, 0.29) is 5.91 Å². The first-order chi connectivity index (χ1) is 8.62. The van der Waals surface area contributed by atoms with Crippen LogP contribution < -0.4 is 0 Å². The van der Waals surface area contributed by atoms with Crippen LogP contribution in [0.3, 0.4) is 0 Å². The van der Waals surface area contributed by atoms with Crippen LogP contribution in [0.25, 0.3) is 0 Å². The summed E-state index contributed by atoms with van der Waals surface area (Å²) in [4.78, 5) is 13.8. The van der Waals surface area contributed by atoms with Crippen molar-refractivity contribution in [2.24, 2.45) is 11.3 Å². The van der Waals surface area contributed by atoms with Gasteiger partial charge in [-0.1, -0.05) is 58.0 Å². The van der Waals surface area contributed by atoms with Gasteiger partial charge in [0, 0.05) is 14.1 Å². The second kappa shape index (κ2) is 5.33. The van der Waals surface area contributed by atoms with Gasteiger partial charge in [0.15, 0.2) is 0 Å². The lowest BCUT2D eigenvalue weighted by Crippen LogP contribution is -2.50. The minimum Gasteiger partial charge on any atom is -0.384 e. The third-order valence-electron chi connectivity index (χ3n) is 3.80. The summed E-state index contributed by atoms with van der Waals surface area (Å²) in [7, 11) is 3.43. The molecule has 0 bridgehead atoms. The second-order valence-corrected chi connectivity index (χ2v) is 6.34. The standard InChI is InChI=1S/C16H25NO2/c1-12(14(18)17(5)6)16(19,15(2,3)4)13-10-8-7-9-11-13/h7-12,19H,1-6H3/t12-,16+/m0/s1. The summed E-state index contributed by atoms with van der Waals surface area (Å²) >= 11 is 0. The Balaban J connectivity index is 3.34. The van der Waals surface area contributed by atoms with Gasteiger partial charge in [-0.15, -0.1) is 0 Å². The largest absolute Gasteiger partial charge is 0.384 e. The van der Waals surface area contributed by atoms with Crippen molar-refractivity contribution in [1.82, 2.24) is 4.90 Å². The van der Waals surface area contributed by atoms with Gasteiger partial charge in [0.25, 0.3) is 0 Å². The lowest BCUT2D eigenvalue weighted by molar-refractivity contribution is -0.156. The Morgan fingerprint density at radius 3 is 2.00 bits per heavy atom. The van der Waals surface area contributed by atoms with Crippen molar-refractivity contribution in [3.63, 3.8) is 0 Å². The fraction of sp³-hybridized carbons (Fsp3) is 0.562. The monoisotopic (exact) mass is 263 g/mol. The molecule has 3 nitrogen and oxygen atoms in total. The number of aliphatic hydroxyl groups is 1. The lowest BCUT2D eigenvalue weighted by Gasteiger charge is -2.45. The molecule has 0 saturated carbocycles. The zero-order valence-corrected chi connectivity index (χ0v) is 12.8. The van der Waals surface area contributed by atoms with Gasteiger partial charge in [0.2, 0.25) is 5.91 Å². The average Bonchev–Trinajstić information content (AvgIpc) is 2.35. The number of rotatable bonds is 3. The normalized spacial score (nSPS) is 16.6. The van der Waals surface area contributed by atoms with E-state index in [2.05, 4.69) is 0 Å². The van der Waals surface area contributed by atoms with Crippen molar-refractivity contribution in [2.75, 3.05) is 14.1 Å². The van der Waals surface area contributed by atoms with E-state index in [1.54, 1.807) is 21.0 Å². The van der Waals surface area contributed by atoms with Gasteiger partial charge < -0.3 is 10.0 Å². The fourth-order valence-electron chi connectivity index (χ4n) is 2.59. The molecule has 0 aliphatic heterocycles. The van der Waals surface area contributed by atoms with Crippen molar-refractivity contribution in [3.05, 3.63) is 35.9 Å². The van der Waals surface area contributed by atoms with E-state index in [9.17, 15) is 9.90 Å². The van der Waals surface area contributed by atoms with E-state index in [1.165, 1.54) is 4.90 Å². The first-order valence-corrected chi connectivity index (χ1v) is 6.61. The summed E-state index contributed by atoms with van der Waals surface area (Å²) in [5.74, 6) is -0.578. The highest BCUT2D eigenvalue weighted by Crippen LogP contribution is 2.45. The molecule has 106 valence electrons. The molecule has 0 aromatic heterocycles. The number of carbonyl (C=O) groups is 1. The summed E-state index contributed by atoms with van der Waals surface area (Å²) < 4.78 is 0. The molecular weight excluding hydrogens is 238 g/mol. The van der Waals surface area contributed by atoms with Crippen molar-refractivity contribution in [2.45, 2.75) is 33.3 Å². The molecule has 0 aliphatic rings. The fourth-order valence-corrected chi connectivity index (χ4v) is 2.59. The molecule has 2 atom stereocenters. The smallest absolute Gasteiger partial charge is 0.228 e. The van der Waals surface area contributed by atoms with Crippen molar-refractivity contribution < 1.29 is 9.90 Å². The van der Waals surface area contributed by atoms with Gasteiger partial charge in [-0.2, -0.15) is 0 Å². The molecule has 1 N–H and O–H groups in total. The van der Waals surface area contributed by atoms with Crippen molar-refractivity contribution >= 4 is 5.91 Å². The van der Waals surface area contributed by atoms with Crippen LogP contribution in [-0.2, 0) is 10.4 Å². The Morgan fingerprint density at radius 1 is 1.16 bits per heavy atom. The number of carbonyl (C=O) groups excluding carboxylic acids is 1. The number of benzene rings is 1. The zero-order chi connectivity index (χ0) is 14.8. The van der Waals surface area contributed by atoms with Gasteiger partial charge in [-0.05, 0) is 11.0 Å². The molecule has 1 rings (SSSR count). The van der Waals surface area contributed by atoms with E-state index in [1.807, 2.05) is 51.1 Å². The molecular formula is C16H25NO2. The molecule has 1 aromatic carbocycles. The molecule has 0 heterocycles. The van der Waals surface area contributed by atoms with Crippen molar-refractivity contribution in [3.8, 4) is 0 Å². The molecule has 0 saturated heterocycles. The topological polar surface area (TPSA) is 40.5 Å². The number of nitrogens with zero attached hydrogens (tertiary/aromatic N) is 1. The molecule has 0 spiro atoms. The zero-order valence-electron chi connectivity index (χ0n) is 12.8. The van der Waals surface area contributed by atoms with Gasteiger partial charge >= 0.3 is 0 Å². The van der Waals surface area contributed by atoms with Crippen LogP contribution in [0.4, 0.5) is 0 Å². The number of amides is 1. The predicted octanol–water partition coefficient (Wildman–Crippen LogP) is 2.64. The first kappa shape index (κ1) is 15.7. The Morgan fingerprint density at radius 2 is 1.63 bits per heavy atom. The average molecular weight is 263 g/mol. The van der Waals surface area contributed by atoms with Gasteiger partial charge in [-0.3, -0.25) is 4.79 Å². The van der Waals surface area contributed by atoms with Gasteiger partial charge in [0.1, 0.15) is 5.60 Å². The van der Waals surface area contributed by atoms with Crippen LogP contribution in [0.2, 0.25) is 0 Å². The summed E-state index contributed by atoms with van der Waals surface area (Å²) in [5.41, 5.74) is -0.861. The summed E-state index contributed by atoms with van der Waals surface area (Å²) in [6.45, 7) is 7.67. The van der Waals surface area contributed by atoms with E-state index in [0.717, 1.165) is 5.56 Å². The first-order valence-electron chi connectivity index (χ1n) is 6.61. The minimum atomic E-state index is -1.20. The molecule has 0 aliphatic carbocycles. The highest BCUT2D eigenvalue weighted by Gasteiger charge is 2.49. The quantitative estimate of drug-likeness (QED) is 0.910.